The van der Waals surface area contributed by atoms with Crippen LogP contribution in [0, 0.1) is 0 Å². The van der Waals surface area contributed by atoms with Gasteiger partial charge in [-0.3, -0.25) is 0 Å². The molecule has 0 saturated carbocycles. The summed E-state index contributed by atoms with van der Waals surface area (Å²) in [6, 6.07) is 10.3. The van der Waals surface area contributed by atoms with Crippen LogP contribution in [0.2, 0.25) is 0 Å². The summed E-state index contributed by atoms with van der Waals surface area (Å²) in [7, 11) is -0.226. The second kappa shape index (κ2) is 5.27. The zero-order chi connectivity index (χ0) is 14.1. The highest BCUT2D eigenvalue weighted by Crippen LogP contribution is 2.41. The third-order valence-electron chi connectivity index (χ3n) is 4.31. The van der Waals surface area contributed by atoms with Gasteiger partial charge in [-0.1, -0.05) is 30.3 Å². The van der Waals surface area contributed by atoms with E-state index in [2.05, 4.69) is 39.8 Å². The molecule has 4 heteroatoms. The topological polar surface area (TPSA) is 44.5 Å². The second-order valence-corrected chi connectivity index (χ2v) is 6.22. The first kappa shape index (κ1) is 14.6. The van der Waals surface area contributed by atoms with Gasteiger partial charge in [0.1, 0.15) is 0 Å². The summed E-state index contributed by atoms with van der Waals surface area (Å²) in [6.07, 6.45) is 0.862. The van der Waals surface area contributed by atoms with Crippen LogP contribution >= 0.6 is 0 Å². The highest BCUT2D eigenvalue weighted by Gasteiger charge is 2.53. The quantitative estimate of drug-likeness (QED) is 0.847. The van der Waals surface area contributed by atoms with E-state index in [-0.39, 0.29) is 24.1 Å². The fourth-order valence-electron chi connectivity index (χ4n) is 2.39. The Hall–Kier alpha value is -0.835. The Labute approximate surface area is 116 Å². The Kier molecular flexibility index (Phi) is 4.04. The molecule has 1 aliphatic rings. The number of rotatable bonds is 4. The van der Waals surface area contributed by atoms with Crippen molar-refractivity contribution in [2.24, 2.45) is 5.73 Å². The normalized spacial score (nSPS) is 22.5. The number of hydrogen-bond donors (Lipinski definition) is 1. The number of benzene rings is 1. The maximum Gasteiger partial charge on any atom is 0.465 e. The van der Waals surface area contributed by atoms with Crippen LogP contribution in [0.25, 0.3) is 0 Å². The highest BCUT2D eigenvalue weighted by molar-refractivity contribution is 6.47. The second-order valence-electron chi connectivity index (χ2n) is 6.22. The SMILES string of the molecule is CC1(C)OB(C(CCN)c2ccccc2)OC1(C)C. The van der Waals surface area contributed by atoms with E-state index < -0.39 is 0 Å². The van der Waals surface area contributed by atoms with Crippen LogP contribution in [0.4, 0.5) is 0 Å². The Morgan fingerprint density at radius 2 is 1.58 bits per heavy atom. The summed E-state index contributed by atoms with van der Waals surface area (Å²) in [5, 5.41) is 0. The maximum absolute atomic E-state index is 6.16. The van der Waals surface area contributed by atoms with Gasteiger partial charge in [-0.25, -0.2) is 0 Å². The van der Waals surface area contributed by atoms with Crippen molar-refractivity contribution in [1.29, 1.82) is 0 Å². The lowest BCUT2D eigenvalue weighted by atomic mass is 9.66. The fraction of sp³-hybridized carbons (Fsp3) is 0.600. The predicted molar refractivity (Wildman–Crippen MR) is 78.9 cm³/mol. The van der Waals surface area contributed by atoms with Gasteiger partial charge in [-0.05, 0) is 46.2 Å². The molecule has 2 rings (SSSR count). The molecule has 0 amide bonds. The molecule has 1 heterocycles. The molecule has 2 N–H and O–H groups in total. The predicted octanol–water partition coefficient (Wildman–Crippen LogP) is 2.75. The summed E-state index contributed by atoms with van der Waals surface area (Å²) in [5.41, 5.74) is 6.40. The third kappa shape index (κ3) is 2.86. The van der Waals surface area contributed by atoms with E-state index in [1.54, 1.807) is 0 Å². The Morgan fingerprint density at radius 3 is 2.05 bits per heavy atom. The van der Waals surface area contributed by atoms with E-state index in [9.17, 15) is 0 Å². The molecule has 1 saturated heterocycles. The average molecular weight is 261 g/mol. The minimum Gasteiger partial charge on any atom is -0.403 e. The molecule has 1 atom stereocenters. The highest BCUT2D eigenvalue weighted by atomic mass is 16.7. The lowest BCUT2D eigenvalue weighted by molar-refractivity contribution is 0.00578. The van der Waals surface area contributed by atoms with Gasteiger partial charge in [0.15, 0.2) is 0 Å². The van der Waals surface area contributed by atoms with Crippen LogP contribution < -0.4 is 5.73 Å². The van der Waals surface area contributed by atoms with Crippen molar-refractivity contribution in [2.75, 3.05) is 6.54 Å². The Bertz CT molecular complexity index is 403. The minimum absolute atomic E-state index is 0.187. The van der Waals surface area contributed by atoms with E-state index >= 15 is 0 Å². The van der Waals surface area contributed by atoms with Crippen LogP contribution in [0.3, 0.4) is 0 Å². The molecule has 0 aliphatic carbocycles. The molecule has 19 heavy (non-hydrogen) atoms. The van der Waals surface area contributed by atoms with Gasteiger partial charge in [-0.15, -0.1) is 0 Å². The van der Waals surface area contributed by atoms with Crippen molar-refractivity contribution in [3.05, 3.63) is 35.9 Å². The van der Waals surface area contributed by atoms with Crippen molar-refractivity contribution in [2.45, 2.75) is 51.1 Å². The Balaban J connectivity index is 2.23. The van der Waals surface area contributed by atoms with Crippen molar-refractivity contribution < 1.29 is 9.31 Å². The maximum atomic E-state index is 6.16. The van der Waals surface area contributed by atoms with Crippen molar-refractivity contribution in [1.82, 2.24) is 0 Å². The number of hydrogen-bond acceptors (Lipinski definition) is 3. The van der Waals surface area contributed by atoms with Crippen LogP contribution in [-0.2, 0) is 9.31 Å². The average Bonchev–Trinajstić information content (AvgIpc) is 2.56. The lowest BCUT2D eigenvalue weighted by Crippen LogP contribution is -2.41. The third-order valence-corrected chi connectivity index (χ3v) is 4.31. The molecule has 1 aliphatic heterocycles. The summed E-state index contributed by atoms with van der Waals surface area (Å²) in [6.45, 7) is 8.95. The molecule has 0 bridgehead atoms. The van der Waals surface area contributed by atoms with Crippen LogP contribution in [-0.4, -0.2) is 24.9 Å². The zero-order valence-corrected chi connectivity index (χ0v) is 12.3. The van der Waals surface area contributed by atoms with Crippen LogP contribution in [0.15, 0.2) is 30.3 Å². The smallest absolute Gasteiger partial charge is 0.403 e. The summed E-state index contributed by atoms with van der Waals surface area (Å²) in [4.78, 5) is 0. The van der Waals surface area contributed by atoms with E-state index in [4.69, 9.17) is 15.0 Å². The minimum atomic E-state index is -0.292. The molecule has 0 aromatic heterocycles. The molecule has 0 radical (unpaired) electrons. The van der Waals surface area contributed by atoms with Gasteiger partial charge < -0.3 is 15.0 Å². The Morgan fingerprint density at radius 1 is 1.05 bits per heavy atom. The van der Waals surface area contributed by atoms with Gasteiger partial charge >= 0.3 is 7.12 Å². The molecule has 0 spiro atoms. The molecule has 104 valence electrons. The first-order chi connectivity index (χ1) is 8.87. The first-order valence-corrected chi connectivity index (χ1v) is 6.98. The largest absolute Gasteiger partial charge is 0.465 e. The van der Waals surface area contributed by atoms with E-state index in [0.29, 0.717) is 6.54 Å². The van der Waals surface area contributed by atoms with Gasteiger partial charge in [-0.2, -0.15) is 0 Å². The summed E-state index contributed by atoms with van der Waals surface area (Å²) in [5.74, 6) is 0.187. The lowest BCUT2D eigenvalue weighted by Gasteiger charge is -2.32. The molecule has 1 aromatic rings. The standard InChI is InChI=1S/C15H24BNO2/c1-14(2)15(3,4)19-16(18-14)13(10-11-17)12-8-6-5-7-9-12/h5-9,13H,10-11,17H2,1-4H3. The van der Waals surface area contributed by atoms with Crippen LogP contribution in [0.1, 0.15) is 45.5 Å². The molecule has 1 fully saturated rings. The van der Waals surface area contributed by atoms with E-state index in [1.807, 2.05) is 18.2 Å². The van der Waals surface area contributed by atoms with Crippen molar-refractivity contribution in [3.8, 4) is 0 Å². The van der Waals surface area contributed by atoms with Crippen molar-refractivity contribution >= 4 is 7.12 Å². The molecular weight excluding hydrogens is 237 g/mol. The molecule has 1 unspecified atom stereocenters. The van der Waals surface area contributed by atoms with Gasteiger partial charge in [0, 0.05) is 5.82 Å². The molecule has 1 aromatic carbocycles. The van der Waals surface area contributed by atoms with Gasteiger partial charge in [0.05, 0.1) is 11.2 Å². The molecule has 3 nitrogen and oxygen atoms in total. The zero-order valence-electron chi connectivity index (χ0n) is 12.3. The van der Waals surface area contributed by atoms with E-state index in [0.717, 1.165) is 6.42 Å². The van der Waals surface area contributed by atoms with Crippen molar-refractivity contribution in [3.63, 3.8) is 0 Å². The van der Waals surface area contributed by atoms with E-state index in [1.165, 1.54) is 5.56 Å². The summed E-state index contributed by atoms with van der Waals surface area (Å²) >= 11 is 0. The fourth-order valence-corrected chi connectivity index (χ4v) is 2.39. The van der Waals surface area contributed by atoms with Gasteiger partial charge in [0.2, 0.25) is 0 Å². The molecular formula is C15H24BNO2. The first-order valence-electron chi connectivity index (χ1n) is 6.98. The van der Waals surface area contributed by atoms with Crippen LogP contribution in [0.5, 0.6) is 0 Å². The monoisotopic (exact) mass is 261 g/mol. The summed E-state index contributed by atoms with van der Waals surface area (Å²) < 4.78 is 12.3. The van der Waals surface area contributed by atoms with Gasteiger partial charge in [0.25, 0.3) is 0 Å². The number of nitrogens with two attached hydrogens (primary N) is 1.